The molecule has 0 atom stereocenters. The topological polar surface area (TPSA) is 57.3 Å². The second-order valence-corrected chi connectivity index (χ2v) is 5.79. The van der Waals surface area contributed by atoms with Gasteiger partial charge in [0.25, 0.3) is 5.91 Å². The van der Waals surface area contributed by atoms with Crippen molar-refractivity contribution in [2.75, 3.05) is 39.0 Å². The fraction of sp³-hybridized carbons (Fsp3) is 0.333. The molecule has 0 aliphatic heterocycles. The van der Waals surface area contributed by atoms with E-state index in [4.69, 9.17) is 0 Å². The van der Waals surface area contributed by atoms with Crippen molar-refractivity contribution >= 4 is 11.7 Å². The zero-order chi connectivity index (χ0) is 17.4. The van der Waals surface area contributed by atoms with Gasteiger partial charge >= 0.3 is 0 Å². The summed E-state index contributed by atoms with van der Waals surface area (Å²) in [5.74, 6) is 0.331. The summed E-state index contributed by atoms with van der Waals surface area (Å²) in [6.45, 7) is 2.20. The maximum Gasteiger partial charge on any atom is 0.252 e. The normalized spacial score (nSPS) is 10.7. The minimum absolute atomic E-state index is 0.163. The van der Waals surface area contributed by atoms with Crippen LogP contribution in [-0.2, 0) is 6.42 Å². The fourth-order valence-electron chi connectivity index (χ4n) is 2.11. The SMILES string of the molecule is CN(C)CCNc1ccc(C(=O)NCCc2ccc(F)cc2)cn1. The molecule has 1 heterocycles. The van der Waals surface area contributed by atoms with E-state index in [1.165, 1.54) is 12.1 Å². The number of hydrogen-bond donors (Lipinski definition) is 2. The number of halogens is 1. The highest BCUT2D eigenvalue weighted by atomic mass is 19.1. The molecule has 2 rings (SSSR count). The minimum Gasteiger partial charge on any atom is -0.369 e. The van der Waals surface area contributed by atoms with Gasteiger partial charge in [0.1, 0.15) is 11.6 Å². The van der Waals surface area contributed by atoms with Crippen molar-refractivity contribution in [1.82, 2.24) is 15.2 Å². The number of likely N-dealkylation sites (N-methyl/N-ethyl adjacent to an activating group) is 1. The number of carbonyl (C=O) groups excluding carboxylic acids is 1. The number of pyridine rings is 1. The lowest BCUT2D eigenvalue weighted by Gasteiger charge is -2.11. The summed E-state index contributed by atoms with van der Waals surface area (Å²) in [4.78, 5) is 18.4. The summed E-state index contributed by atoms with van der Waals surface area (Å²) in [7, 11) is 4.02. The highest BCUT2D eigenvalue weighted by Gasteiger charge is 2.06. The molecule has 0 bridgehead atoms. The molecule has 2 N–H and O–H groups in total. The number of benzene rings is 1. The molecule has 1 amide bonds. The molecule has 6 heteroatoms. The van der Waals surface area contributed by atoms with Crippen LogP contribution in [0.3, 0.4) is 0 Å². The molecule has 1 aromatic heterocycles. The number of hydrogen-bond acceptors (Lipinski definition) is 4. The van der Waals surface area contributed by atoms with E-state index < -0.39 is 0 Å². The van der Waals surface area contributed by atoms with Gasteiger partial charge in [-0.2, -0.15) is 0 Å². The molecule has 24 heavy (non-hydrogen) atoms. The van der Waals surface area contributed by atoms with Crippen LogP contribution in [0.5, 0.6) is 0 Å². The van der Waals surface area contributed by atoms with Gasteiger partial charge in [0.05, 0.1) is 5.56 Å². The van der Waals surface area contributed by atoms with Gasteiger partial charge in [-0.15, -0.1) is 0 Å². The molecule has 2 aromatic rings. The standard InChI is InChI=1S/C18H23FN4O/c1-23(2)12-11-20-17-8-5-15(13-22-17)18(24)21-10-9-14-3-6-16(19)7-4-14/h3-8,13H,9-12H2,1-2H3,(H,20,22)(H,21,24). The van der Waals surface area contributed by atoms with E-state index in [1.807, 2.05) is 14.1 Å². The first-order valence-corrected chi connectivity index (χ1v) is 7.92. The minimum atomic E-state index is -0.256. The van der Waals surface area contributed by atoms with E-state index in [0.29, 0.717) is 18.5 Å². The molecular formula is C18H23FN4O. The molecular weight excluding hydrogens is 307 g/mol. The summed E-state index contributed by atoms with van der Waals surface area (Å²) >= 11 is 0. The Morgan fingerprint density at radius 3 is 2.50 bits per heavy atom. The Morgan fingerprint density at radius 2 is 1.88 bits per heavy atom. The smallest absolute Gasteiger partial charge is 0.252 e. The number of aromatic nitrogens is 1. The number of anilines is 1. The van der Waals surface area contributed by atoms with Gasteiger partial charge < -0.3 is 15.5 Å². The quantitative estimate of drug-likeness (QED) is 0.779. The van der Waals surface area contributed by atoms with Crippen LogP contribution in [0.2, 0.25) is 0 Å². The number of amides is 1. The van der Waals surface area contributed by atoms with Crippen LogP contribution < -0.4 is 10.6 Å². The van der Waals surface area contributed by atoms with Crippen molar-refractivity contribution in [3.63, 3.8) is 0 Å². The molecule has 0 saturated heterocycles. The highest BCUT2D eigenvalue weighted by molar-refractivity contribution is 5.94. The number of nitrogens with zero attached hydrogens (tertiary/aromatic N) is 2. The lowest BCUT2D eigenvalue weighted by atomic mass is 10.1. The lowest BCUT2D eigenvalue weighted by molar-refractivity contribution is 0.0954. The van der Waals surface area contributed by atoms with Crippen LogP contribution in [0.1, 0.15) is 15.9 Å². The van der Waals surface area contributed by atoms with Gasteiger partial charge in [-0.05, 0) is 50.3 Å². The van der Waals surface area contributed by atoms with Crippen molar-refractivity contribution in [3.05, 3.63) is 59.5 Å². The summed E-state index contributed by atoms with van der Waals surface area (Å²) in [5.41, 5.74) is 1.50. The highest BCUT2D eigenvalue weighted by Crippen LogP contribution is 2.06. The Labute approximate surface area is 141 Å². The van der Waals surface area contributed by atoms with Crippen LogP contribution in [0.15, 0.2) is 42.6 Å². The third-order valence-electron chi connectivity index (χ3n) is 3.50. The second-order valence-electron chi connectivity index (χ2n) is 5.79. The van der Waals surface area contributed by atoms with Crippen molar-refractivity contribution in [3.8, 4) is 0 Å². The first kappa shape index (κ1) is 17.9. The van der Waals surface area contributed by atoms with Gasteiger partial charge in [-0.25, -0.2) is 9.37 Å². The van der Waals surface area contributed by atoms with Gasteiger partial charge in [0, 0.05) is 25.8 Å². The van der Waals surface area contributed by atoms with Crippen LogP contribution in [0, 0.1) is 5.82 Å². The van der Waals surface area contributed by atoms with Gasteiger partial charge in [-0.1, -0.05) is 12.1 Å². The van der Waals surface area contributed by atoms with Gasteiger partial charge in [-0.3, -0.25) is 4.79 Å². The van der Waals surface area contributed by atoms with E-state index in [2.05, 4.69) is 20.5 Å². The molecule has 0 radical (unpaired) electrons. The molecule has 0 saturated carbocycles. The zero-order valence-electron chi connectivity index (χ0n) is 14.1. The number of carbonyl (C=O) groups is 1. The van der Waals surface area contributed by atoms with E-state index in [0.717, 1.165) is 24.5 Å². The van der Waals surface area contributed by atoms with E-state index in [-0.39, 0.29) is 11.7 Å². The summed E-state index contributed by atoms with van der Waals surface area (Å²) in [6.07, 6.45) is 2.22. The monoisotopic (exact) mass is 330 g/mol. The third kappa shape index (κ3) is 5.96. The molecule has 1 aromatic carbocycles. The molecule has 0 aliphatic rings. The van der Waals surface area contributed by atoms with Gasteiger partial charge in [0.15, 0.2) is 0 Å². The Hall–Kier alpha value is -2.47. The molecule has 0 spiro atoms. The van der Waals surface area contributed by atoms with Crippen molar-refractivity contribution in [1.29, 1.82) is 0 Å². The van der Waals surface area contributed by atoms with Crippen molar-refractivity contribution in [2.24, 2.45) is 0 Å². The van der Waals surface area contributed by atoms with Crippen LogP contribution in [0.25, 0.3) is 0 Å². The summed E-state index contributed by atoms with van der Waals surface area (Å²) < 4.78 is 12.8. The Bertz CT molecular complexity index is 641. The van der Waals surface area contributed by atoms with Gasteiger partial charge in [0.2, 0.25) is 0 Å². The van der Waals surface area contributed by atoms with E-state index >= 15 is 0 Å². The summed E-state index contributed by atoms with van der Waals surface area (Å²) in [6, 6.07) is 9.82. The molecule has 0 unspecified atom stereocenters. The Balaban J connectivity index is 1.76. The second kappa shape index (κ2) is 8.98. The van der Waals surface area contributed by atoms with E-state index in [1.54, 1.807) is 30.5 Å². The van der Waals surface area contributed by atoms with Crippen molar-refractivity contribution in [2.45, 2.75) is 6.42 Å². The van der Waals surface area contributed by atoms with Crippen molar-refractivity contribution < 1.29 is 9.18 Å². The Morgan fingerprint density at radius 1 is 1.12 bits per heavy atom. The molecule has 128 valence electrons. The maximum absolute atomic E-state index is 12.8. The first-order valence-electron chi connectivity index (χ1n) is 7.92. The molecule has 5 nitrogen and oxygen atoms in total. The zero-order valence-corrected chi connectivity index (χ0v) is 14.1. The molecule has 0 aliphatic carbocycles. The average Bonchev–Trinajstić information content (AvgIpc) is 2.57. The first-order chi connectivity index (χ1) is 11.5. The fourth-order valence-corrected chi connectivity index (χ4v) is 2.11. The number of nitrogens with one attached hydrogen (secondary N) is 2. The van der Waals surface area contributed by atoms with Crippen LogP contribution in [-0.4, -0.2) is 49.5 Å². The maximum atomic E-state index is 12.8. The van der Waals surface area contributed by atoms with Crippen LogP contribution >= 0.6 is 0 Å². The molecule has 0 fully saturated rings. The Kier molecular flexibility index (Phi) is 6.69. The predicted octanol–water partition coefficient (Wildman–Crippen LogP) is 2.17. The summed E-state index contributed by atoms with van der Waals surface area (Å²) in [5, 5.41) is 6.04. The number of rotatable bonds is 8. The average molecular weight is 330 g/mol. The lowest BCUT2D eigenvalue weighted by Crippen LogP contribution is -2.26. The van der Waals surface area contributed by atoms with E-state index in [9.17, 15) is 9.18 Å². The predicted molar refractivity (Wildman–Crippen MR) is 93.7 cm³/mol. The third-order valence-corrected chi connectivity index (χ3v) is 3.50. The van der Waals surface area contributed by atoms with Crippen LogP contribution in [0.4, 0.5) is 10.2 Å². The largest absolute Gasteiger partial charge is 0.369 e.